The summed E-state index contributed by atoms with van der Waals surface area (Å²) in [6.07, 6.45) is -0.467. The molecule has 4 rings (SSSR count). The minimum absolute atomic E-state index is 0.00917. The highest BCUT2D eigenvalue weighted by Gasteiger charge is 2.26. The molecule has 0 spiro atoms. The Labute approximate surface area is 200 Å². The molecule has 0 saturated carbocycles. The van der Waals surface area contributed by atoms with Crippen molar-refractivity contribution in [2.24, 2.45) is 0 Å². The molecule has 1 atom stereocenters. The molecule has 1 amide bonds. The molecule has 3 aromatic rings. The fourth-order valence-corrected chi connectivity index (χ4v) is 4.21. The van der Waals surface area contributed by atoms with E-state index in [1.54, 1.807) is 12.1 Å². The minimum Gasteiger partial charge on any atom is -0.410 e. The molecule has 34 heavy (non-hydrogen) atoms. The normalized spacial score (nSPS) is 15.0. The summed E-state index contributed by atoms with van der Waals surface area (Å²) in [5.41, 5.74) is 3.29. The fourth-order valence-electron chi connectivity index (χ4n) is 4.21. The maximum atomic E-state index is 13.3. The highest BCUT2D eigenvalue weighted by molar-refractivity contribution is 5.70. The van der Waals surface area contributed by atoms with Crippen molar-refractivity contribution < 1.29 is 13.9 Å². The number of anilines is 2. The molecule has 1 saturated heterocycles. The van der Waals surface area contributed by atoms with Crippen molar-refractivity contribution in [1.82, 2.24) is 10.2 Å². The number of benzene rings is 3. The van der Waals surface area contributed by atoms with E-state index in [1.807, 2.05) is 44.4 Å². The minimum atomic E-state index is -0.467. The highest BCUT2D eigenvalue weighted by Crippen LogP contribution is 2.26. The SMILES string of the molecule is CN(C)c1ccc(C(CNC(=O)Oc2ccccc2)N2CCN(c3ccc(F)cc3)CC2)cc1. The van der Waals surface area contributed by atoms with Crippen molar-refractivity contribution in [3.63, 3.8) is 0 Å². The molecular formula is C27H31FN4O2. The first-order valence-corrected chi connectivity index (χ1v) is 11.5. The molecule has 0 radical (unpaired) electrons. The summed E-state index contributed by atoms with van der Waals surface area (Å²) in [5.74, 6) is 0.289. The zero-order chi connectivity index (χ0) is 23.9. The smallest absolute Gasteiger partial charge is 0.410 e. The van der Waals surface area contributed by atoms with Crippen LogP contribution in [0, 0.1) is 5.82 Å². The van der Waals surface area contributed by atoms with Crippen LogP contribution in [0.3, 0.4) is 0 Å². The summed E-state index contributed by atoms with van der Waals surface area (Å²) in [6.45, 7) is 3.74. The second-order valence-corrected chi connectivity index (χ2v) is 8.58. The van der Waals surface area contributed by atoms with Crippen molar-refractivity contribution in [3.8, 4) is 5.75 Å². The first kappa shape index (κ1) is 23.6. The Morgan fingerprint density at radius 3 is 2.21 bits per heavy atom. The number of piperazine rings is 1. The van der Waals surface area contributed by atoms with Gasteiger partial charge in [0.2, 0.25) is 0 Å². The van der Waals surface area contributed by atoms with Gasteiger partial charge in [-0.05, 0) is 54.1 Å². The molecule has 1 aliphatic rings. The number of carbonyl (C=O) groups is 1. The van der Waals surface area contributed by atoms with Crippen LogP contribution in [0.2, 0.25) is 0 Å². The zero-order valence-corrected chi connectivity index (χ0v) is 19.7. The predicted molar refractivity (Wildman–Crippen MR) is 134 cm³/mol. The Balaban J connectivity index is 1.44. The lowest BCUT2D eigenvalue weighted by Crippen LogP contribution is -2.50. The average Bonchev–Trinajstić information content (AvgIpc) is 2.86. The third kappa shape index (κ3) is 6.05. The van der Waals surface area contributed by atoms with Gasteiger partial charge in [0.1, 0.15) is 11.6 Å². The van der Waals surface area contributed by atoms with Gasteiger partial charge in [0.15, 0.2) is 0 Å². The monoisotopic (exact) mass is 462 g/mol. The number of amides is 1. The van der Waals surface area contributed by atoms with Gasteiger partial charge in [0.05, 0.1) is 6.04 Å². The third-order valence-electron chi connectivity index (χ3n) is 6.13. The molecular weight excluding hydrogens is 431 g/mol. The second-order valence-electron chi connectivity index (χ2n) is 8.58. The molecule has 7 heteroatoms. The Morgan fingerprint density at radius 2 is 1.59 bits per heavy atom. The molecule has 0 aliphatic carbocycles. The number of rotatable bonds is 7. The van der Waals surface area contributed by atoms with E-state index in [2.05, 4.69) is 44.3 Å². The van der Waals surface area contributed by atoms with Crippen LogP contribution in [0.4, 0.5) is 20.6 Å². The summed E-state index contributed by atoms with van der Waals surface area (Å²) >= 11 is 0. The molecule has 6 nitrogen and oxygen atoms in total. The quantitative estimate of drug-likeness (QED) is 0.559. The van der Waals surface area contributed by atoms with Crippen molar-refractivity contribution in [2.75, 3.05) is 56.6 Å². The molecule has 178 valence electrons. The summed E-state index contributed by atoms with van der Waals surface area (Å²) in [7, 11) is 4.03. The molecule has 3 aromatic carbocycles. The van der Waals surface area contributed by atoms with E-state index in [0.29, 0.717) is 12.3 Å². The Morgan fingerprint density at radius 1 is 0.941 bits per heavy atom. The van der Waals surface area contributed by atoms with Gasteiger partial charge in [0, 0.05) is 58.2 Å². The predicted octanol–water partition coefficient (Wildman–Crippen LogP) is 4.54. The van der Waals surface area contributed by atoms with E-state index in [9.17, 15) is 9.18 Å². The standard InChI is InChI=1S/C27H31FN4O2/c1-30(2)23-12-8-21(9-13-23)26(20-29-27(33)34-25-6-4-3-5-7-25)32-18-16-31(17-19-32)24-14-10-22(28)11-15-24/h3-15,26H,16-20H2,1-2H3,(H,29,33). The molecule has 1 heterocycles. The summed E-state index contributed by atoms with van der Waals surface area (Å²) in [4.78, 5) is 19.2. The van der Waals surface area contributed by atoms with Crippen LogP contribution >= 0.6 is 0 Å². The molecule has 0 aromatic heterocycles. The molecule has 1 unspecified atom stereocenters. The van der Waals surface area contributed by atoms with Crippen LogP contribution in [0.15, 0.2) is 78.9 Å². The number of para-hydroxylation sites is 1. The van der Waals surface area contributed by atoms with Crippen LogP contribution in [0.1, 0.15) is 11.6 Å². The van der Waals surface area contributed by atoms with E-state index in [4.69, 9.17) is 4.74 Å². The molecule has 0 bridgehead atoms. The van der Waals surface area contributed by atoms with Crippen LogP contribution in [0.25, 0.3) is 0 Å². The molecule has 1 N–H and O–H groups in total. The lowest BCUT2D eigenvalue weighted by molar-refractivity contribution is 0.169. The summed E-state index contributed by atoms with van der Waals surface area (Å²) in [5, 5.41) is 2.95. The van der Waals surface area contributed by atoms with Gasteiger partial charge in [-0.3, -0.25) is 4.90 Å². The van der Waals surface area contributed by atoms with E-state index in [0.717, 1.165) is 43.1 Å². The van der Waals surface area contributed by atoms with Gasteiger partial charge in [-0.1, -0.05) is 30.3 Å². The highest BCUT2D eigenvalue weighted by atomic mass is 19.1. The van der Waals surface area contributed by atoms with E-state index in [1.165, 1.54) is 12.1 Å². The van der Waals surface area contributed by atoms with Gasteiger partial charge < -0.3 is 19.9 Å². The van der Waals surface area contributed by atoms with Gasteiger partial charge in [-0.15, -0.1) is 0 Å². The summed E-state index contributed by atoms with van der Waals surface area (Å²) < 4.78 is 18.7. The van der Waals surface area contributed by atoms with Gasteiger partial charge in [0.25, 0.3) is 0 Å². The number of nitrogens with zero attached hydrogens (tertiary/aromatic N) is 3. The Bertz CT molecular complexity index is 1050. The van der Waals surface area contributed by atoms with Crippen molar-refractivity contribution in [1.29, 1.82) is 0 Å². The third-order valence-corrected chi connectivity index (χ3v) is 6.13. The lowest BCUT2D eigenvalue weighted by atomic mass is 10.0. The second kappa shape index (κ2) is 11.0. The van der Waals surface area contributed by atoms with Crippen LogP contribution in [-0.2, 0) is 0 Å². The van der Waals surface area contributed by atoms with Gasteiger partial charge in [-0.2, -0.15) is 0 Å². The summed E-state index contributed by atoms with van der Waals surface area (Å²) in [6, 6.07) is 24.1. The Hall–Kier alpha value is -3.58. The van der Waals surface area contributed by atoms with Crippen molar-refractivity contribution >= 4 is 17.5 Å². The number of ether oxygens (including phenoxy) is 1. The number of nitrogens with one attached hydrogen (secondary N) is 1. The van der Waals surface area contributed by atoms with Crippen molar-refractivity contribution in [3.05, 3.63) is 90.2 Å². The maximum absolute atomic E-state index is 13.3. The van der Waals surface area contributed by atoms with E-state index < -0.39 is 6.09 Å². The number of carbonyl (C=O) groups excluding carboxylic acids is 1. The van der Waals surface area contributed by atoms with Gasteiger partial charge >= 0.3 is 6.09 Å². The number of hydrogen-bond acceptors (Lipinski definition) is 5. The van der Waals surface area contributed by atoms with Crippen LogP contribution in [-0.4, -0.2) is 57.8 Å². The fraction of sp³-hybridized carbons (Fsp3) is 0.296. The van der Waals surface area contributed by atoms with Gasteiger partial charge in [-0.25, -0.2) is 9.18 Å². The average molecular weight is 463 g/mol. The van der Waals surface area contributed by atoms with Crippen LogP contribution in [0.5, 0.6) is 5.75 Å². The molecule has 1 fully saturated rings. The largest absolute Gasteiger partial charge is 0.412 e. The number of hydrogen-bond donors (Lipinski definition) is 1. The van der Waals surface area contributed by atoms with E-state index in [-0.39, 0.29) is 11.9 Å². The van der Waals surface area contributed by atoms with Crippen LogP contribution < -0.4 is 19.9 Å². The van der Waals surface area contributed by atoms with E-state index >= 15 is 0 Å². The number of halogens is 1. The zero-order valence-electron chi connectivity index (χ0n) is 19.7. The Kier molecular flexibility index (Phi) is 7.65. The first-order valence-electron chi connectivity index (χ1n) is 11.5. The lowest BCUT2D eigenvalue weighted by Gasteiger charge is -2.40. The topological polar surface area (TPSA) is 48.1 Å². The van der Waals surface area contributed by atoms with Crippen molar-refractivity contribution in [2.45, 2.75) is 6.04 Å². The maximum Gasteiger partial charge on any atom is 0.412 e. The first-order chi connectivity index (χ1) is 16.5. The molecule has 1 aliphatic heterocycles.